The summed E-state index contributed by atoms with van der Waals surface area (Å²) in [6.45, 7) is 3.67. The fourth-order valence-corrected chi connectivity index (χ4v) is 1.72. The topological polar surface area (TPSA) is 44.1 Å². The molecule has 1 aromatic carbocycles. The van der Waals surface area contributed by atoms with Gasteiger partial charge in [-0.2, -0.15) is 5.10 Å². The van der Waals surface area contributed by atoms with Gasteiger partial charge in [-0.3, -0.25) is 9.48 Å². The number of hydrogen-bond acceptors (Lipinski definition) is 3. The predicted octanol–water partition coefficient (Wildman–Crippen LogP) is 2.78. The van der Waals surface area contributed by atoms with Gasteiger partial charge in [0.15, 0.2) is 12.0 Å². The standard InChI is InChI=1S/C13H13FN2O2/c1-8-13(9(2)16(3)15-8)18-12-5-4-11(14)6-10(12)7-17/h4-7H,1-3H3. The first-order valence-corrected chi connectivity index (χ1v) is 5.45. The van der Waals surface area contributed by atoms with E-state index in [0.29, 0.717) is 17.8 Å². The first kappa shape index (κ1) is 12.3. The molecule has 0 bridgehead atoms. The summed E-state index contributed by atoms with van der Waals surface area (Å²) in [5.74, 6) is 0.446. The highest BCUT2D eigenvalue weighted by Gasteiger charge is 2.14. The van der Waals surface area contributed by atoms with Crippen LogP contribution in [-0.4, -0.2) is 16.1 Å². The Hall–Kier alpha value is -2.17. The van der Waals surface area contributed by atoms with Crippen molar-refractivity contribution in [2.24, 2.45) is 7.05 Å². The lowest BCUT2D eigenvalue weighted by molar-refractivity contribution is 0.112. The highest BCUT2D eigenvalue weighted by molar-refractivity contribution is 5.79. The molecule has 0 spiro atoms. The van der Waals surface area contributed by atoms with Crippen molar-refractivity contribution in [3.63, 3.8) is 0 Å². The van der Waals surface area contributed by atoms with E-state index < -0.39 is 5.82 Å². The maximum Gasteiger partial charge on any atom is 0.171 e. The van der Waals surface area contributed by atoms with E-state index in [2.05, 4.69) is 5.10 Å². The Morgan fingerprint density at radius 1 is 1.39 bits per heavy atom. The van der Waals surface area contributed by atoms with E-state index >= 15 is 0 Å². The summed E-state index contributed by atoms with van der Waals surface area (Å²) in [6, 6.07) is 3.83. The molecular weight excluding hydrogens is 235 g/mol. The van der Waals surface area contributed by atoms with Crippen molar-refractivity contribution in [3.8, 4) is 11.5 Å². The van der Waals surface area contributed by atoms with Crippen molar-refractivity contribution in [2.45, 2.75) is 13.8 Å². The summed E-state index contributed by atoms with van der Waals surface area (Å²) in [6.07, 6.45) is 0.569. The maximum absolute atomic E-state index is 13.0. The number of benzene rings is 1. The Balaban J connectivity index is 2.42. The Morgan fingerprint density at radius 3 is 2.67 bits per heavy atom. The molecule has 4 nitrogen and oxygen atoms in total. The minimum Gasteiger partial charge on any atom is -0.453 e. The van der Waals surface area contributed by atoms with Crippen LogP contribution in [0.15, 0.2) is 18.2 Å². The lowest BCUT2D eigenvalue weighted by Gasteiger charge is -2.08. The summed E-state index contributed by atoms with van der Waals surface area (Å²) in [5.41, 5.74) is 1.74. The van der Waals surface area contributed by atoms with Crippen molar-refractivity contribution in [1.29, 1.82) is 0 Å². The largest absolute Gasteiger partial charge is 0.453 e. The minimum absolute atomic E-state index is 0.178. The zero-order chi connectivity index (χ0) is 13.3. The Bertz CT molecular complexity index is 605. The number of carbonyl (C=O) groups excluding carboxylic acids is 1. The molecule has 18 heavy (non-hydrogen) atoms. The van der Waals surface area contributed by atoms with Crippen LogP contribution in [-0.2, 0) is 7.05 Å². The molecule has 0 amide bonds. The summed E-state index contributed by atoms with van der Waals surface area (Å²) in [4.78, 5) is 10.9. The second kappa shape index (κ2) is 4.60. The van der Waals surface area contributed by atoms with Gasteiger partial charge in [0.25, 0.3) is 0 Å². The number of nitrogens with zero attached hydrogens (tertiary/aromatic N) is 2. The maximum atomic E-state index is 13.0. The number of ether oxygens (including phenoxy) is 1. The molecular formula is C13H13FN2O2. The van der Waals surface area contributed by atoms with E-state index in [1.807, 2.05) is 13.8 Å². The smallest absolute Gasteiger partial charge is 0.171 e. The number of aldehydes is 1. The summed E-state index contributed by atoms with van der Waals surface area (Å²) >= 11 is 0. The molecule has 2 rings (SSSR count). The summed E-state index contributed by atoms with van der Waals surface area (Å²) in [5, 5.41) is 4.21. The number of carbonyl (C=O) groups is 1. The Kier molecular flexibility index (Phi) is 3.14. The Labute approximate surface area is 104 Å². The number of hydrogen-bond donors (Lipinski definition) is 0. The molecule has 2 aromatic rings. The predicted molar refractivity (Wildman–Crippen MR) is 64.5 cm³/mol. The zero-order valence-corrected chi connectivity index (χ0v) is 10.4. The number of rotatable bonds is 3. The normalized spacial score (nSPS) is 10.4. The minimum atomic E-state index is -0.468. The summed E-state index contributed by atoms with van der Waals surface area (Å²) in [7, 11) is 1.81. The molecule has 0 atom stereocenters. The SMILES string of the molecule is Cc1nn(C)c(C)c1Oc1ccc(F)cc1C=O. The second-order valence-electron chi connectivity index (χ2n) is 4.03. The first-order valence-electron chi connectivity index (χ1n) is 5.45. The van der Waals surface area contributed by atoms with Crippen LogP contribution in [0.4, 0.5) is 4.39 Å². The lowest BCUT2D eigenvalue weighted by atomic mass is 10.2. The van der Waals surface area contributed by atoms with Gasteiger partial charge in [0.2, 0.25) is 0 Å². The van der Waals surface area contributed by atoms with Gasteiger partial charge >= 0.3 is 0 Å². The van der Waals surface area contributed by atoms with E-state index in [4.69, 9.17) is 4.74 Å². The van der Waals surface area contributed by atoms with Crippen LogP contribution in [0.5, 0.6) is 11.5 Å². The summed E-state index contributed by atoms with van der Waals surface area (Å²) < 4.78 is 20.4. The molecule has 1 aromatic heterocycles. The number of aryl methyl sites for hydroxylation is 2. The molecule has 0 unspecified atom stereocenters. The van der Waals surface area contributed by atoms with Crippen LogP contribution >= 0.6 is 0 Å². The zero-order valence-electron chi connectivity index (χ0n) is 10.4. The molecule has 0 N–H and O–H groups in total. The van der Waals surface area contributed by atoms with E-state index in [0.717, 1.165) is 17.5 Å². The van der Waals surface area contributed by atoms with E-state index in [1.54, 1.807) is 11.7 Å². The molecule has 0 aliphatic heterocycles. The highest BCUT2D eigenvalue weighted by atomic mass is 19.1. The van der Waals surface area contributed by atoms with Crippen LogP contribution in [0.25, 0.3) is 0 Å². The van der Waals surface area contributed by atoms with Crippen LogP contribution in [0.2, 0.25) is 0 Å². The number of halogens is 1. The average Bonchev–Trinajstić information content (AvgIpc) is 2.58. The molecule has 0 radical (unpaired) electrons. The fourth-order valence-electron chi connectivity index (χ4n) is 1.72. The van der Waals surface area contributed by atoms with Crippen LogP contribution in [0.1, 0.15) is 21.7 Å². The van der Waals surface area contributed by atoms with Gasteiger partial charge in [-0.15, -0.1) is 0 Å². The van der Waals surface area contributed by atoms with Gasteiger partial charge in [0.1, 0.15) is 17.3 Å². The molecule has 0 saturated carbocycles. The third-order valence-corrected chi connectivity index (χ3v) is 2.75. The van der Waals surface area contributed by atoms with Crippen molar-refractivity contribution in [2.75, 3.05) is 0 Å². The average molecular weight is 248 g/mol. The van der Waals surface area contributed by atoms with Crippen molar-refractivity contribution < 1.29 is 13.9 Å². The Morgan fingerprint density at radius 2 is 2.11 bits per heavy atom. The third-order valence-electron chi connectivity index (χ3n) is 2.75. The van der Waals surface area contributed by atoms with Gasteiger partial charge in [0, 0.05) is 7.05 Å². The number of aromatic nitrogens is 2. The van der Waals surface area contributed by atoms with E-state index in [9.17, 15) is 9.18 Å². The fraction of sp³-hybridized carbons (Fsp3) is 0.231. The molecule has 0 aliphatic rings. The van der Waals surface area contributed by atoms with Crippen molar-refractivity contribution in [1.82, 2.24) is 9.78 Å². The molecule has 5 heteroatoms. The second-order valence-corrected chi connectivity index (χ2v) is 4.03. The van der Waals surface area contributed by atoms with Crippen LogP contribution < -0.4 is 4.74 Å². The highest BCUT2D eigenvalue weighted by Crippen LogP contribution is 2.29. The van der Waals surface area contributed by atoms with Crippen LogP contribution in [0.3, 0.4) is 0 Å². The third kappa shape index (κ3) is 2.11. The van der Waals surface area contributed by atoms with Crippen molar-refractivity contribution in [3.05, 3.63) is 41.0 Å². The van der Waals surface area contributed by atoms with Gasteiger partial charge in [-0.1, -0.05) is 0 Å². The molecule has 0 saturated heterocycles. The molecule has 0 fully saturated rings. The van der Waals surface area contributed by atoms with Gasteiger partial charge in [0.05, 0.1) is 11.3 Å². The lowest BCUT2D eigenvalue weighted by Crippen LogP contribution is -1.95. The molecule has 0 aliphatic carbocycles. The molecule has 94 valence electrons. The van der Waals surface area contributed by atoms with Gasteiger partial charge < -0.3 is 4.74 Å². The van der Waals surface area contributed by atoms with Gasteiger partial charge in [-0.05, 0) is 32.0 Å². The molecule has 1 heterocycles. The van der Waals surface area contributed by atoms with Crippen molar-refractivity contribution >= 4 is 6.29 Å². The van der Waals surface area contributed by atoms with E-state index in [-0.39, 0.29) is 5.56 Å². The first-order chi connectivity index (χ1) is 8.52. The van der Waals surface area contributed by atoms with Crippen LogP contribution in [0, 0.1) is 19.7 Å². The van der Waals surface area contributed by atoms with E-state index in [1.165, 1.54) is 12.1 Å². The van der Waals surface area contributed by atoms with Gasteiger partial charge in [-0.25, -0.2) is 4.39 Å². The monoisotopic (exact) mass is 248 g/mol. The quantitative estimate of drug-likeness (QED) is 0.784.